The van der Waals surface area contributed by atoms with Gasteiger partial charge in [-0.2, -0.15) is 0 Å². The van der Waals surface area contributed by atoms with Crippen LogP contribution in [0.4, 0.5) is 0 Å². The van der Waals surface area contributed by atoms with Crippen LogP contribution in [0.2, 0.25) is 0 Å². The number of amides is 1. The SMILES string of the molecule is CCCCNC(=O)c1ccc(CN=C(NCC)NCC2COc3ccccc3O2)cc1. The molecule has 0 aliphatic carbocycles. The number of guanidine groups is 1. The summed E-state index contributed by atoms with van der Waals surface area (Å²) >= 11 is 0. The van der Waals surface area contributed by atoms with Crippen LogP contribution in [0.15, 0.2) is 53.5 Å². The Morgan fingerprint density at radius 2 is 1.81 bits per heavy atom. The van der Waals surface area contributed by atoms with Gasteiger partial charge in [-0.05, 0) is 43.2 Å². The van der Waals surface area contributed by atoms with Crippen LogP contribution in [0, 0.1) is 0 Å². The van der Waals surface area contributed by atoms with Crippen molar-refractivity contribution in [2.24, 2.45) is 4.99 Å². The molecule has 7 nitrogen and oxygen atoms in total. The highest BCUT2D eigenvalue weighted by molar-refractivity contribution is 5.94. The Kier molecular flexibility index (Phi) is 8.58. The van der Waals surface area contributed by atoms with E-state index >= 15 is 0 Å². The number of hydrogen-bond donors (Lipinski definition) is 3. The predicted molar refractivity (Wildman–Crippen MR) is 123 cm³/mol. The van der Waals surface area contributed by atoms with E-state index in [-0.39, 0.29) is 12.0 Å². The van der Waals surface area contributed by atoms with E-state index < -0.39 is 0 Å². The number of rotatable bonds is 9. The highest BCUT2D eigenvalue weighted by Gasteiger charge is 2.20. The summed E-state index contributed by atoms with van der Waals surface area (Å²) in [5.74, 6) is 2.23. The number of unbranched alkanes of at least 4 members (excludes halogenated alkanes) is 1. The molecule has 0 aromatic heterocycles. The van der Waals surface area contributed by atoms with Crippen LogP contribution in [-0.2, 0) is 6.54 Å². The van der Waals surface area contributed by atoms with Crippen LogP contribution < -0.4 is 25.4 Å². The molecule has 1 aliphatic rings. The largest absolute Gasteiger partial charge is 0.486 e. The van der Waals surface area contributed by atoms with Gasteiger partial charge in [0, 0.05) is 18.7 Å². The molecule has 2 aromatic rings. The van der Waals surface area contributed by atoms with Gasteiger partial charge >= 0.3 is 0 Å². The molecule has 166 valence electrons. The molecule has 1 unspecified atom stereocenters. The predicted octanol–water partition coefficient (Wildman–Crippen LogP) is 3.11. The number of aliphatic imine (C=N–C) groups is 1. The molecule has 3 N–H and O–H groups in total. The molecule has 0 bridgehead atoms. The Labute approximate surface area is 184 Å². The number of nitrogens with zero attached hydrogens (tertiary/aromatic N) is 1. The first-order chi connectivity index (χ1) is 15.2. The molecule has 31 heavy (non-hydrogen) atoms. The average Bonchev–Trinajstić information content (AvgIpc) is 2.81. The van der Waals surface area contributed by atoms with Crippen LogP contribution in [0.25, 0.3) is 0 Å². The second-order valence-electron chi connectivity index (χ2n) is 7.38. The summed E-state index contributed by atoms with van der Waals surface area (Å²) in [4.78, 5) is 16.8. The molecular weight excluding hydrogens is 392 g/mol. The van der Waals surface area contributed by atoms with Crippen molar-refractivity contribution in [1.29, 1.82) is 0 Å². The van der Waals surface area contributed by atoms with Gasteiger partial charge in [0.25, 0.3) is 5.91 Å². The summed E-state index contributed by atoms with van der Waals surface area (Å²) in [5.41, 5.74) is 1.71. The lowest BCUT2D eigenvalue weighted by atomic mass is 10.1. The fourth-order valence-corrected chi connectivity index (χ4v) is 3.13. The molecule has 1 amide bonds. The van der Waals surface area contributed by atoms with Crippen LogP contribution in [-0.4, -0.2) is 44.2 Å². The van der Waals surface area contributed by atoms with Crippen molar-refractivity contribution in [3.05, 3.63) is 59.7 Å². The maximum Gasteiger partial charge on any atom is 0.251 e. The fraction of sp³-hybridized carbons (Fsp3) is 0.417. The maximum atomic E-state index is 12.1. The normalized spacial score (nSPS) is 15.3. The monoisotopic (exact) mass is 424 g/mol. The van der Waals surface area contributed by atoms with Crippen molar-refractivity contribution in [1.82, 2.24) is 16.0 Å². The third kappa shape index (κ3) is 6.91. The third-order valence-corrected chi connectivity index (χ3v) is 4.86. The van der Waals surface area contributed by atoms with Gasteiger partial charge < -0.3 is 25.4 Å². The summed E-state index contributed by atoms with van der Waals surface area (Å²) in [6.45, 7) is 7.18. The minimum atomic E-state index is -0.0933. The Balaban J connectivity index is 1.51. The van der Waals surface area contributed by atoms with E-state index in [9.17, 15) is 4.79 Å². The summed E-state index contributed by atoms with van der Waals surface area (Å²) in [6.07, 6.45) is 1.96. The van der Waals surface area contributed by atoms with E-state index in [2.05, 4.69) is 27.9 Å². The molecule has 0 fully saturated rings. The quantitative estimate of drug-likeness (QED) is 0.327. The lowest BCUT2D eigenvalue weighted by Gasteiger charge is -2.27. The Hall–Kier alpha value is -3.22. The summed E-state index contributed by atoms with van der Waals surface area (Å²) in [7, 11) is 0. The summed E-state index contributed by atoms with van der Waals surface area (Å²) in [6, 6.07) is 15.3. The van der Waals surface area contributed by atoms with Gasteiger partial charge in [0.05, 0.1) is 13.1 Å². The van der Waals surface area contributed by atoms with Gasteiger partial charge in [0.1, 0.15) is 12.7 Å². The van der Waals surface area contributed by atoms with Gasteiger partial charge in [-0.25, -0.2) is 4.99 Å². The lowest BCUT2D eigenvalue weighted by molar-refractivity contribution is 0.0936. The topological polar surface area (TPSA) is 84.0 Å². The molecule has 1 heterocycles. The van der Waals surface area contributed by atoms with E-state index in [1.807, 2.05) is 55.5 Å². The number of hydrogen-bond acceptors (Lipinski definition) is 4. The minimum absolute atomic E-state index is 0.0326. The molecule has 2 aromatic carbocycles. The average molecular weight is 425 g/mol. The summed E-state index contributed by atoms with van der Waals surface area (Å²) in [5, 5.41) is 9.50. The van der Waals surface area contributed by atoms with Crippen molar-refractivity contribution < 1.29 is 14.3 Å². The minimum Gasteiger partial charge on any atom is -0.486 e. The Morgan fingerprint density at radius 3 is 2.55 bits per heavy atom. The molecule has 0 radical (unpaired) electrons. The molecule has 0 saturated heterocycles. The molecular formula is C24H32N4O3. The second-order valence-corrected chi connectivity index (χ2v) is 7.38. The standard InChI is InChI=1S/C24H32N4O3/c1-3-5-14-26-23(29)19-12-10-18(11-13-19)15-27-24(25-4-2)28-16-20-17-30-21-8-6-7-9-22(21)31-20/h6-13,20H,3-5,14-17H2,1-2H3,(H,26,29)(H2,25,27,28). The number of nitrogens with one attached hydrogen (secondary N) is 3. The van der Waals surface area contributed by atoms with Crippen molar-refractivity contribution in [3.8, 4) is 11.5 Å². The molecule has 3 rings (SSSR count). The number of ether oxygens (including phenoxy) is 2. The Morgan fingerprint density at radius 1 is 1.03 bits per heavy atom. The fourth-order valence-electron chi connectivity index (χ4n) is 3.13. The first-order valence-electron chi connectivity index (χ1n) is 11.0. The molecule has 0 saturated carbocycles. The molecule has 0 spiro atoms. The van der Waals surface area contributed by atoms with Gasteiger partial charge in [-0.3, -0.25) is 4.79 Å². The zero-order valence-electron chi connectivity index (χ0n) is 18.3. The van der Waals surface area contributed by atoms with Gasteiger partial charge in [0.15, 0.2) is 17.5 Å². The lowest BCUT2D eigenvalue weighted by Crippen LogP contribution is -2.45. The number of para-hydroxylation sites is 2. The van der Waals surface area contributed by atoms with Crippen LogP contribution in [0.5, 0.6) is 11.5 Å². The van der Waals surface area contributed by atoms with E-state index in [0.29, 0.717) is 37.8 Å². The smallest absolute Gasteiger partial charge is 0.251 e. The van der Waals surface area contributed by atoms with Crippen LogP contribution in [0.1, 0.15) is 42.6 Å². The highest BCUT2D eigenvalue weighted by atomic mass is 16.6. The van der Waals surface area contributed by atoms with E-state index in [0.717, 1.165) is 36.4 Å². The van der Waals surface area contributed by atoms with E-state index in [1.54, 1.807) is 0 Å². The number of carbonyl (C=O) groups is 1. The first kappa shape index (κ1) is 22.5. The molecule has 1 aliphatic heterocycles. The number of carbonyl (C=O) groups excluding carboxylic acids is 1. The molecule has 7 heteroatoms. The Bertz CT molecular complexity index is 867. The van der Waals surface area contributed by atoms with Crippen LogP contribution >= 0.6 is 0 Å². The highest BCUT2D eigenvalue weighted by Crippen LogP contribution is 2.30. The number of benzene rings is 2. The van der Waals surface area contributed by atoms with Gasteiger partial charge in [0.2, 0.25) is 0 Å². The van der Waals surface area contributed by atoms with Crippen molar-refractivity contribution in [2.45, 2.75) is 39.3 Å². The number of fused-ring (bicyclic) bond motifs is 1. The third-order valence-electron chi connectivity index (χ3n) is 4.86. The zero-order valence-corrected chi connectivity index (χ0v) is 18.3. The van der Waals surface area contributed by atoms with E-state index in [1.165, 1.54) is 0 Å². The van der Waals surface area contributed by atoms with Crippen molar-refractivity contribution in [3.63, 3.8) is 0 Å². The maximum absolute atomic E-state index is 12.1. The summed E-state index contributed by atoms with van der Waals surface area (Å²) < 4.78 is 11.7. The van der Waals surface area contributed by atoms with E-state index in [4.69, 9.17) is 9.47 Å². The molecule has 1 atom stereocenters. The van der Waals surface area contributed by atoms with Crippen molar-refractivity contribution in [2.75, 3.05) is 26.2 Å². The van der Waals surface area contributed by atoms with Crippen LogP contribution in [0.3, 0.4) is 0 Å². The van der Waals surface area contributed by atoms with Gasteiger partial charge in [-0.1, -0.05) is 37.6 Å². The zero-order chi connectivity index (χ0) is 21.9. The second kappa shape index (κ2) is 11.8. The van der Waals surface area contributed by atoms with Crippen molar-refractivity contribution >= 4 is 11.9 Å². The first-order valence-corrected chi connectivity index (χ1v) is 11.0. The van der Waals surface area contributed by atoms with Gasteiger partial charge in [-0.15, -0.1) is 0 Å².